The molecule has 2 aliphatic heterocycles. The van der Waals surface area contributed by atoms with Gasteiger partial charge in [-0.25, -0.2) is 13.2 Å². The molecule has 1 aromatic heterocycles. The normalized spacial score (nSPS) is 19.7. The van der Waals surface area contributed by atoms with E-state index in [1.165, 1.54) is 55.2 Å². The molecule has 0 unspecified atom stereocenters. The Morgan fingerprint density at radius 1 is 1.13 bits per heavy atom. The largest absolute Gasteiger partial charge is 0.416 e. The SMILES string of the molecule is Cn1cnnc1[C@@H](F)[C@@](C)(F)c1cccc(N2Cc3c(cc(CN4CC(C)(F)C4)cc3C(F)(F)F)C2=O)c1. The number of amides is 1. The van der Waals surface area contributed by atoms with Gasteiger partial charge in [-0.15, -0.1) is 10.2 Å². The third-order valence-corrected chi connectivity index (χ3v) is 7.09. The van der Waals surface area contributed by atoms with Crippen LogP contribution in [0.4, 0.5) is 32.0 Å². The summed E-state index contributed by atoms with van der Waals surface area (Å²) in [4.78, 5) is 16.1. The predicted octanol–water partition coefficient (Wildman–Crippen LogP) is 5.43. The lowest BCUT2D eigenvalue weighted by Gasteiger charge is -2.42. The number of carbonyl (C=O) groups excluding carboxylic acids is 1. The van der Waals surface area contributed by atoms with E-state index in [4.69, 9.17) is 0 Å². The van der Waals surface area contributed by atoms with Crippen LogP contribution in [0.15, 0.2) is 42.7 Å². The molecule has 0 aliphatic carbocycles. The number of carbonyl (C=O) groups is 1. The van der Waals surface area contributed by atoms with Crippen LogP contribution in [-0.4, -0.2) is 44.3 Å². The molecular weight excluding hydrogens is 512 g/mol. The third kappa shape index (κ3) is 4.55. The molecule has 1 saturated heterocycles. The lowest BCUT2D eigenvalue weighted by atomic mass is 9.92. The van der Waals surface area contributed by atoms with Gasteiger partial charge in [-0.2, -0.15) is 13.2 Å². The van der Waals surface area contributed by atoms with E-state index in [0.29, 0.717) is 0 Å². The molecule has 0 N–H and O–H groups in total. The first kappa shape index (κ1) is 26.2. The van der Waals surface area contributed by atoms with Gasteiger partial charge in [0.2, 0.25) is 0 Å². The van der Waals surface area contributed by atoms with Gasteiger partial charge in [0.15, 0.2) is 17.7 Å². The minimum atomic E-state index is -4.73. The fourth-order valence-corrected chi connectivity index (χ4v) is 5.17. The zero-order valence-electron chi connectivity index (χ0n) is 20.9. The second kappa shape index (κ2) is 8.82. The van der Waals surface area contributed by atoms with Gasteiger partial charge in [0, 0.05) is 37.9 Å². The second-order valence-corrected chi connectivity index (χ2v) is 10.4. The maximum absolute atomic E-state index is 15.7. The van der Waals surface area contributed by atoms with Crippen molar-refractivity contribution in [1.82, 2.24) is 19.7 Å². The lowest BCUT2D eigenvalue weighted by Crippen LogP contribution is -2.56. The van der Waals surface area contributed by atoms with E-state index in [2.05, 4.69) is 10.2 Å². The van der Waals surface area contributed by atoms with Crippen molar-refractivity contribution in [3.05, 3.63) is 76.4 Å². The Kier molecular flexibility index (Phi) is 6.08. The van der Waals surface area contributed by atoms with Gasteiger partial charge in [0.05, 0.1) is 12.1 Å². The first-order chi connectivity index (χ1) is 17.7. The van der Waals surface area contributed by atoms with E-state index in [1.807, 2.05) is 0 Å². The van der Waals surface area contributed by atoms with E-state index in [1.54, 1.807) is 4.90 Å². The molecule has 3 heterocycles. The summed E-state index contributed by atoms with van der Waals surface area (Å²) in [5.41, 5.74) is -4.95. The Morgan fingerprint density at radius 2 is 1.84 bits per heavy atom. The van der Waals surface area contributed by atoms with Crippen molar-refractivity contribution in [2.24, 2.45) is 7.05 Å². The number of alkyl halides is 6. The van der Waals surface area contributed by atoms with Crippen molar-refractivity contribution in [3.63, 3.8) is 0 Å². The molecule has 202 valence electrons. The van der Waals surface area contributed by atoms with Crippen LogP contribution in [0.25, 0.3) is 0 Å². The van der Waals surface area contributed by atoms with E-state index in [9.17, 15) is 22.4 Å². The van der Waals surface area contributed by atoms with Gasteiger partial charge in [-0.3, -0.25) is 9.69 Å². The monoisotopic (exact) mass is 537 g/mol. The smallest absolute Gasteiger partial charge is 0.318 e. The highest BCUT2D eigenvalue weighted by Gasteiger charge is 2.44. The molecule has 0 spiro atoms. The Hall–Kier alpha value is -3.41. The number of hydrogen-bond acceptors (Lipinski definition) is 4. The summed E-state index contributed by atoms with van der Waals surface area (Å²) in [6.45, 7) is 2.30. The molecule has 2 aliphatic rings. The van der Waals surface area contributed by atoms with Crippen molar-refractivity contribution in [1.29, 1.82) is 0 Å². The van der Waals surface area contributed by atoms with Crippen LogP contribution in [0.2, 0.25) is 0 Å². The summed E-state index contributed by atoms with van der Waals surface area (Å²) in [6, 6.07) is 7.85. The molecule has 0 saturated carbocycles. The molecule has 1 amide bonds. The summed E-state index contributed by atoms with van der Waals surface area (Å²) >= 11 is 0. The predicted molar refractivity (Wildman–Crippen MR) is 127 cm³/mol. The molecule has 0 bridgehead atoms. The first-order valence-electron chi connectivity index (χ1n) is 11.9. The van der Waals surface area contributed by atoms with E-state index >= 15 is 8.78 Å². The van der Waals surface area contributed by atoms with Crippen LogP contribution in [0, 0.1) is 0 Å². The van der Waals surface area contributed by atoms with Crippen molar-refractivity contribution in [3.8, 4) is 0 Å². The Labute approximate surface area is 214 Å². The molecule has 12 heteroatoms. The molecule has 6 nitrogen and oxygen atoms in total. The van der Waals surface area contributed by atoms with Crippen LogP contribution in [0.5, 0.6) is 0 Å². The highest BCUT2D eigenvalue weighted by molar-refractivity contribution is 6.10. The molecule has 38 heavy (non-hydrogen) atoms. The maximum Gasteiger partial charge on any atom is 0.416 e. The maximum atomic E-state index is 15.7. The molecular formula is C26H25F6N5O. The molecule has 3 aromatic rings. The van der Waals surface area contributed by atoms with Gasteiger partial charge in [-0.05, 0) is 54.8 Å². The van der Waals surface area contributed by atoms with Crippen LogP contribution in [0.3, 0.4) is 0 Å². The van der Waals surface area contributed by atoms with Crippen molar-refractivity contribution < 1.29 is 31.1 Å². The lowest BCUT2D eigenvalue weighted by molar-refractivity contribution is -0.138. The minimum absolute atomic E-state index is 0.0682. The minimum Gasteiger partial charge on any atom is -0.318 e. The number of halogens is 6. The fraction of sp³-hybridized carbons (Fsp3) is 0.423. The van der Waals surface area contributed by atoms with E-state index in [-0.39, 0.29) is 59.9 Å². The average molecular weight is 538 g/mol. The zero-order chi connectivity index (χ0) is 27.6. The number of benzene rings is 2. The van der Waals surface area contributed by atoms with Gasteiger partial charge in [-0.1, -0.05) is 12.1 Å². The van der Waals surface area contributed by atoms with Crippen LogP contribution in [-0.2, 0) is 32.0 Å². The molecule has 2 atom stereocenters. The number of hydrogen-bond donors (Lipinski definition) is 0. The van der Waals surface area contributed by atoms with Gasteiger partial charge in [0.25, 0.3) is 5.91 Å². The van der Waals surface area contributed by atoms with Gasteiger partial charge >= 0.3 is 6.18 Å². The molecule has 0 radical (unpaired) electrons. The number of aryl methyl sites for hydroxylation is 1. The van der Waals surface area contributed by atoms with Crippen LogP contribution in [0.1, 0.15) is 58.5 Å². The standard InChI is InChI=1S/C26H25F6N5O/c1-24(28)12-36(13-24)10-15-7-18-19(20(8-15)26(30,31)32)11-37(23(18)38)17-6-4-5-16(9-17)25(2,29)21(27)22-34-33-14-35(22)3/h4-9,14,21H,10-13H2,1-3H3/t21-,25+/m1/s1. The highest BCUT2D eigenvalue weighted by Crippen LogP contribution is 2.44. The zero-order valence-corrected chi connectivity index (χ0v) is 20.9. The molecule has 5 rings (SSSR count). The van der Waals surface area contributed by atoms with Crippen molar-refractivity contribution >= 4 is 11.6 Å². The van der Waals surface area contributed by atoms with Gasteiger partial charge < -0.3 is 9.47 Å². The Morgan fingerprint density at radius 3 is 2.45 bits per heavy atom. The number of aromatic nitrogens is 3. The van der Waals surface area contributed by atoms with Crippen LogP contribution < -0.4 is 4.90 Å². The fourth-order valence-electron chi connectivity index (χ4n) is 5.17. The summed E-state index contributed by atoms with van der Waals surface area (Å²) < 4.78 is 88.0. The number of nitrogens with zero attached hydrogens (tertiary/aromatic N) is 5. The number of anilines is 1. The van der Waals surface area contributed by atoms with E-state index in [0.717, 1.165) is 17.9 Å². The molecule has 1 fully saturated rings. The topological polar surface area (TPSA) is 54.3 Å². The van der Waals surface area contributed by atoms with Crippen LogP contribution >= 0.6 is 0 Å². The first-order valence-corrected chi connectivity index (χ1v) is 11.9. The summed E-state index contributed by atoms with van der Waals surface area (Å²) in [5, 5.41) is 7.20. The van der Waals surface area contributed by atoms with Crippen molar-refractivity contribution in [2.45, 2.75) is 50.6 Å². The van der Waals surface area contributed by atoms with Crippen molar-refractivity contribution in [2.75, 3.05) is 18.0 Å². The summed E-state index contributed by atoms with van der Waals surface area (Å²) in [7, 11) is 1.47. The second-order valence-electron chi connectivity index (χ2n) is 10.4. The number of rotatable bonds is 6. The average Bonchev–Trinajstić information content (AvgIpc) is 3.39. The number of fused-ring (bicyclic) bond motifs is 1. The molecule has 2 aromatic carbocycles. The number of likely N-dealkylation sites (tertiary alicyclic amines) is 1. The van der Waals surface area contributed by atoms with Gasteiger partial charge in [0.1, 0.15) is 12.0 Å². The third-order valence-electron chi connectivity index (χ3n) is 7.09. The Bertz CT molecular complexity index is 1390. The quantitative estimate of drug-likeness (QED) is 0.394. The highest BCUT2D eigenvalue weighted by atomic mass is 19.4. The summed E-state index contributed by atoms with van der Waals surface area (Å²) in [6.07, 6.45) is -5.68. The van der Waals surface area contributed by atoms with E-state index < -0.39 is 35.2 Å². The Balaban J connectivity index is 1.46. The summed E-state index contributed by atoms with van der Waals surface area (Å²) in [5.74, 6) is -0.920.